The summed E-state index contributed by atoms with van der Waals surface area (Å²) in [6, 6.07) is 7.79. The fourth-order valence-corrected chi connectivity index (χ4v) is 2.51. The highest BCUT2D eigenvalue weighted by molar-refractivity contribution is 5.75. The van der Waals surface area contributed by atoms with Gasteiger partial charge in [0.2, 0.25) is 0 Å². The molecule has 0 spiro atoms. The van der Waals surface area contributed by atoms with Crippen LogP contribution in [0, 0.1) is 0 Å². The number of amides is 2. The van der Waals surface area contributed by atoms with Crippen molar-refractivity contribution in [3.05, 3.63) is 60.7 Å². The lowest BCUT2D eigenvalue weighted by Crippen LogP contribution is -2.48. The number of benzene rings is 1. The minimum atomic E-state index is -0.297. The van der Waals surface area contributed by atoms with Crippen LogP contribution in [0.1, 0.15) is 32.2 Å². The largest absolute Gasteiger partial charge is 0.497 e. The van der Waals surface area contributed by atoms with Crippen molar-refractivity contribution >= 4 is 6.03 Å². The van der Waals surface area contributed by atoms with Gasteiger partial charge in [-0.05, 0) is 38.5 Å². The smallest absolute Gasteiger partial charge is 0.318 e. The predicted molar refractivity (Wildman–Crippen MR) is 103 cm³/mol. The molecule has 0 aliphatic carbocycles. The van der Waals surface area contributed by atoms with Gasteiger partial charge >= 0.3 is 6.03 Å². The van der Waals surface area contributed by atoms with Gasteiger partial charge < -0.3 is 19.5 Å². The molecule has 1 aromatic carbocycles. The molecule has 0 saturated carbocycles. The molecule has 0 aliphatic rings. The standard InChI is InChI=1S/C20H28N4O2/c1-6-12-24(19(25)22-20(2,3)4)15-18-21-11-13-23(18)14-16-7-9-17(26-5)10-8-16/h6-11,13H,1,12,14-15H2,2-5H3,(H,22,25). The quantitative estimate of drug-likeness (QED) is 0.773. The van der Waals surface area contributed by atoms with Crippen LogP contribution in [0.15, 0.2) is 49.3 Å². The zero-order valence-corrected chi connectivity index (χ0v) is 16.0. The van der Waals surface area contributed by atoms with Crippen molar-refractivity contribution in [1.82, 2.24) is 19.8 Å². The van der Waals surface area contributed by atoms with Gasteiger partial charge in [0.05, 0.1) is 13.7 Å². The van der Waals surface area contributed by atoms with Gasteiger partial charge in [0.1, 0.15) is 11.6 Å². The topological polar surface area (TPSA) is 59.4 Å². The Morgan fingerprint density at radius 3 is 2.62 bits per heavy atom. The second-order valence-corrected chi connectivity index (χ2v) is 7.17. The van der Waals surface area contributed by atoms with Crippen LogP contribution in [-0.4, -0.2) is 39.7 Å². The van der Waals surface area contributed by atoms with Gasteiger partial charge in [0.15, 0.2) is 0 Å². The molecule has 2 rings (SSSR count). The first-order chi connectivity index (χ1) is 12.3. The molecule has 0 unspecified atom stereocenters. The Bertz CT molecular complexity index is 729. The molecule has 2 amide bonds. The molecule has 0 bridgehead atoms. The fourth-order valence-electron chi connectivity index (χ4n) is 2.51. The van der Waals surface area contributed by atoms with Crippen molar-refractivity contribution in [2.24, 2.45) is 0 Å². The normalized spacial score (nSPS) is 11.1. The molecular formula is C20H28N4O2. The summed E-state index contributed by atoms with van der Waals surface area (Å²) < 4.78 is 7.24. The molecule has 140 valence electrons. The number of hydrogen-bond acceptors (Lipinski definition) is 3. The van der Waals surface area contributed by atoms with E-state index in [1.807, 2.05) is 55.8 Å². The maximum Gasteiger partial charge on any atom is 0.318 e. The van der Waals surface area contributed by atoms with E-state index < -0.39 is 0 Å². The molecule has 2 aromatic rings. The summed E-state index contributed by atoms with van der Waals surface area (Å²) in [5, 5.41) is 2.99. The predicted octanol–water partition coefficient (Wildman–Crippen LogP) is 3.44. The lowest BCUT2D eigenvalue weighted by atomic mass is 10.1. The second-order valence-electron chi connectivity index (χ2n) is 7.17. The van der Waals surface area contributed by atoms with Crippen molar-refractivity contribution in [3.8, 4) is 5.75 Å². The Labute approximate surface area is 155 Å². The lowest BCUT2D eigenvalue weighted by molar-refractivity contribution is 0.190. The zero-order chi connectivity index (χ0) is 19.2. The van der Waals surface area contributed by atoms with E-state index in [1.54, 1.807) is 24.3 Å². The summed E-state index contributed by atoms with van der Waals surface area (Å²) in [7, 11) is 1.65. The summed E-state index contributed by atoms with van der Waals surface area (Å²) in [4.78, 5) is 18.7. The summed E-state index contributed by atoms with van der Waals surface area (Å²) in [6.07, 6.45) is 5.40. The first-order valence-electron chi connectivity index (χ1n) is 8.63. The van der Waals surface area contributed by atoms with Crippen LogP contribution in [0.5, 0.6) is 5.75 Å². The van der Waals surface area contributed by atoms with Crippen LogP contribution in [0.2, 0.25) is 0 Å². The highest BCUT2D eigenvalue weighted by atomic mass is 16.5. The number of imidazole rings is 1. The Morgan fingerprint density at radius 2 is 2.04 bits per heavy atom. The molecule has 0 fully saturated rings. The number of methoxy groups -OCH3 is 1. The molecule has 0 atom stereocenters. The molecule has 0 radical (unpaired) electrons. The van der Waals surface area contributed by atoms with E-state index in [2.05, 4.69) is 16.9 Å². The third kappa shape index (κ3) is 5.65. The lowest BCUT2D eigenvalue weighted by Gasteiger charge is -2.27. The molecule has 1 N–H and O–H groups in total. The zero-order valence-electron chi connectivity index (χ0n) is 16.0. The molecule has 6 nitrogen and oxygen atoms in total. The maximum atomic E-state index is 12.5. The Balaban J connectivity index is 2.11. The number of aromatic nitrogens is 2. The number of rotatable bonds is 7. The van der Waals surface area contributed by atoms with Crippen LogP contribution in [0.3, 0.4) is 0 Å². The third-order valence-electron chi connectivity index (χ3n) is 3.76. The number of nitrogens with one attached hydrogen (secondary N) is 1. The van der Waals surface area contributed by atoms with Crippen molar-refractivity contribution < 1.29 is 9.53 Å². The first-order valence-corrected chi connectivity index (χ1v) is 8.63. The minimum absolute atomic E-state index is 0.128. The van der Waals surface area contributed by atoms with Crippen LogP contribution in [0.4, 0.5) is 4.79 Å². The monoisotopic (exact) mass is 356 g/mol. The number of hydrogen-bond donors (Lipinski definition) is 1. The highest BCUT2D eigenvalue weighted by Gasteiger charge is 2.20. The third-order valence-corrected chi connectivity index (χ3v) is 3.76. The van der Waals surface area contributed by atoms with Crippen molar-refractivity contribution in [1.29, 1.82) is 0 Å². The van der Waals surface area contributed by atoms with E-state index in [-0.39, 0.29) is 11.6 Å². The summed E-state index contributed by atoms with van der Waals surface area (Å²) >= 11 is 0. The molecule has 1 heterocycles. The molecule has 0 saturated heterocycles. The van der Waals surface area contributed by atoms with Crippen LogP contribution in [0.25, 0.3) is 0 Å². The summed E-state index contributed by atoms with van der Waals surface area (Å²) in [5.41, 5.74) is 0.842. The number of ether oxygens (including phenoxy) is 1. The fraction of sp³-hybridized carbons (Fsp3) is 0.400. The average Bonchev–Trinajstić information content (AvgIpc) is 3.00. The van der Waals surface area contributed by atoms with Crippen molar-refractivity contribution in [2.45, 2.75) is 39.4 Å². The first kappa shape index (κ1) is 19.6. The van der Waals surface area contributed by atoms with E-state index in [0.29, 0.717) is 19.6 Å². The SMILES string of the molecule is C=CCN(Cc1nccn1Cc1ccc(OC)cc1)C(=O)NC(C)(C)C. The Kier molecular flexibility index (Phi) is 6.44. The Morgan fingerprint density at radius 1 is 1.35 bits per heavy atom. The second kappa shape index (κ2) is 8.56. The number of urea groups is 1. The van der Waals surface area contributed by atoms with Crippen LogP contribution < -0.4 is 10.1 Å². The molecule has 0 aliphatic heterocycles. The number of carbonyl (C=O) groups excluding carboxylic acids is 1. The molecule has 1 aromatic heterocycles. The van der Waals surface area contributed by atoms with Gasteiger partial charge in [-0.15, -0.1) is 6.58 Å². The van der Waals surface area contributed by atoms with E-state index >= 15 is 0 Å². The van der Waals surface area contributed by atoms with Gasteiger partial charge in [-0.1, -0.05) is 18.2 Å². The van der Waals surface area contributed by atoms with Crippen molar-refractivity contribution in [3.63, 3.8) is 0 Å². The summed E-state index contributed by atoms with van der Waals surface area (Å²) in [6.45, 7) is 11.2. The van der Waals surface area contributed by atoms with Crippen LogP contribution >= 0.6 is 0 Å². The number of carbonyl (C=O) groups is 1. The molecule has 26 heavy (non-hydrogen) atoms. The summed E-state index contributed by atoms with van der Waals surface area (Å²) in [5.74, 6) is 1.65. The van der Waals surface area contributed by atoms with Crippen LogP contribution in [-0.2, 0) is 13.1 Å². The van der Waals surface area contributed by atoms with Gasteiger partial charge in [-0.25, -0.2) is 9.78 Å². The van der Waals surface area contributed by atoms with Gasteiger partial charge in [-0.2, -0.15) is 0 Å². The van der Waals surface area contributed by atoms with Gasteiger partial charge in [0.25, 0.3) is 0 Å². The Hall–Kier alpha value is -2.76. The van der Waals surface area contributed by atoms with E-state index in [1.165, 1.54) is 0 Å². The maximum absolute atomic E-state index is 12.5. The van der Waals surface area contributed by atoms with Crippen molar-refractivity contribution in [2.75, 3.05) is 13.7 Å². The highest BCUT2D eigenvalue weighted by Crippen LogP contribution is 2.14. The van der Waals surface area contributed by atoms with Gasteiger partial charge in [-0.3, -0.25) is 0 Å². The molecule has 6 heteroatoms. The van der Waals surface area contributed by atoms with Gasteiger partial charge in [0, 0.05) is 31.0 Å². The minimum Gasteiger partial charge on any atom is -0.497 e. The van der Waals surface area contributed by atoms with E-state index in [9.17, 15) is 4.79 Å². The molecular weight excluding hydrogens is 328 g/mol. The average molecular weight is 356 g/mol. The van der Waals surface area contributed by atoms with E-state index in [4.69, 9.17) is 4.74 Å². The number of nitrogens with zero attached hydrogens (tertiary/aromatic N) is 3. The van der Waals surface area contributed by atoms with E-state index in [0.717, 1.165) is 17.1 Å².